The van der Waals surface area contributed by atoms with Crippen molar-refractivity contribution in [3.05, 3.63) is 45.0 Å². The third kappa shape index (κ3) is 5.30. The Bertz CT molecular complexity index is 1740. The molecule has 49 heavy (non-hydrogen) atoms. The number of piperazine rings is 1. The van der Waals surface area contributed by atoms with E-state index in [-0.39, 0.29) is 68.1 Å². The van der Waals surface area contributed by atoms with Crippen molar-refractivity contribution in [1.29, 1.82) is 5.26 Å². The summed E-state index contributed by atoms with van der Waals surface area (Å²) in [6, 6.07) is 1.89. The minimum Gasteiger partial charge on any atom is -0.507 e. The lowest BCUT2D eigenvalue weighted by Gasteiger charge is -2.62. The first-order valence-corrected chi connectivity index (χ1v) is 17.9. The van der Waals surface area contributed by atoms with E-state index < -0.39 is 29.3 Å². The lowest BCUT2D eigenvalue weighted by molar-refractivity contribution is -0.152. The molecular weight excluding hydrogens is 648 g/mol. The van der Waals surface area contributed by atoms with E-state index in [2.05, 4.69) is 48.1 Å². The van der Waals surface area contributed by atoms with Gasteiger partial charge in [-0.2, -0.15) is 5.26 Å². The van der Waals surface area contributed by atoms with Gasteiger partial charge in [-0.1, -0.05) is 19.9 Å². The van der Waals surface area contributed by atoms with E-state index >= 15 is 0 Å². The number of esters is 1. The molecule has 1 unspecified atom stereocenters. The second-order valence-corrected chi connectivity index (χ2v) is 15.3. The Morgan fingerprint density at radius 3 is 2.63 bits per heavy atom. The van der Waals surface area contributed by atoms with E-state index in [1.165, 1.54) is 11.8 Å². The summed E-state index contributed by atoms with van der Waals surface area (Å²) in [6.45, 7) is 9.80. The van der Waals surface area contributed by atoms with Crippen LogP contribution in [0, 0.1) is 38.0 Å². The van der Waals surface area contributed by atoms with Crippen LogP contribution in [0.15, 0.2) is 6.07 Å². The maximum absolute atomic E-state index is 13.7. The van der Waals surface area contributed by atoms with Gasteiger partial charge in [-0.15, -0.1) is 11.8 Å². The van der Waals surface area contributed by atoms with Crippen LogP contribution in [0.3, 0.4) is 0 Å². The molecule has 2 saturated heterocycles. The Hall–Kier alpha value is -3.70. The Kier molecular flexibility index (Phi) is 8.88. The molecule has 5 aliphatic heterocycles. The number of likely N-dealkylation sites (N-methyl/N-ethyl adjacent to an activating group) is 1. The number of hydrogen-bond donors (Lipinski definition) is 2. The summed E-state index contributed by atoms with van der Waals surface area (Å²) in [4.78, 5) is 31.1. The van der Waals surface area contributed by atoms with Crippen molar-refractivity contribution in [2.75, 3.05) is 40.1 Å². The van der Waals surface area contributed by atoms with Gasteiger partial charge in [0.1, 0.15) is 30.2 Å². The normalized spacial score (nSPS) is 28.6. The first-order valence-electron chi connectivity index (χ1n) is 16.8. The number of hydrogen-bond acceptors (Lipinski definition) is 12. The van der Waals surface area contributed by atoms with Gasteiger partial charge in [0.05, 0.1) is 23.4 Å². The number of aryl methyl sites for hydroxylation is 1. The largest absolute Gasteiger partial charge is 0.507 e. The number of nitriles is 1. The molecule has 2 N–H and O–H groups in total. The van der Waals surface area contributed by atoms with Crippen LogP contribution in [-0.4, -0.2) is 91.1 Å². The molecule has 2 aromatic carbocycles. The van der Waals surface area contributed by atoms with Crippen LogP contribution in [0.4, 0.5) is 0 Å². The number of cyclic esters (lactones) is 1. The Balaban J connectivity index is 1.46. The van der Waals surface area contributed by atoms with Crippen molar-refractivity contribution in [2.24, 2.45) is 5.92 Å². The molecule has 5 aliphatic rings. The number of thioether (sulfide) groups is 1. The molecule has 13 heteroatoms. The first kappa shape index (κ1) is 33.8. The van der Waals surface area contributed by atoms with E-state index in [0.717, 1.165) is 28.0 Å². The standard InChI is InChI=1S/C36H44N4O8S/c1-16(2)8-25(41)38-21-13-49-35-28-27(34-33(47-15-48-34)19(5)31(28)42)24(12-45-36(21)43)40-23(11-37)22-10-20-9-17(3)18(4)32(46-14-44-7)26(20)29(30(35)40)39(22)6/h9,16,21-24,29-30,35,42H,8,10,12-15H2,1-7H3,(H,38,41)/t21-,22-,23-,24-,29+,30?,35+/m0/s1. The summed E-state index contributed by atoms with van der Waals surface area (Å²) in [5.74, 6) is 1.38. The second kappa shape index (κ2) is 12.9. The number of methoxy groups -OCH3 is 1. The summed E-state index contributed by atoms with van der Waals surface area (Å²) >= 11 is 1.48. The average molecular weight is 693 g/mol. The van der Waals surface area contributed by atoms with Gasteiger partial charge in [0, 0.05) is 53.6 Å². The van der Waals surface area contributed by atoms with E-state index in [1.807, 2.05) is 20.8 Å². The monoisotopic (exact) mass is 692 g/mol. The van der Waals surface area contributed by atoms with Gasteiger partial charge in [0.25, 0.3) is 0 Å². The Morgan fingerprint density at radius 2 is 1.92 bits per heavy atom. The number of nitrogens with zero attached hydrogens (tertiary/aromatic N) is 3. The number of phenols is 1. The van der Waals surface area contributed by atoms with Crippen LogP contribution in [-0.2, 0) is 25.5 Å². The summed E-state index contributed by atoms with van der Waals surface area (Å²) in [7, 11) is 3.66. The number of carbonyl (C=O) groups excluding carboxylic acids is 2. The molecule has 2 aromatic rings. The van der Waals surface area contributed by atoms with E-state index in [0.29, 0.717) is 34.6 Å². The number of benzene rings is 2. The zero-order valence-electron chi connectivity index (χ0n) is 29.0. The van der Waals surface area contributed by atoms with Crippen molar-refractivity contribution in [2.45, 2.75) is 89.0 Å². The third-order valence-corrected chi connectivity index (χ3v) is 12.2. The SMILES string of the molecule is COCOc1c(C)c(C)cc2c1[C@@H]1C3[C@@H]4SC[C@H](NC(=O)CC(C)C)C(=O)OC[C@@H](c5c6c(c(C)c(O)c54)OCO6)N3[C@@H](C#N)[C@H](C2)N1C. The van der Waals surface area contributed by atoms with E-state index in [4.69, 9.17) is 23.7 Å². The number of phenolic OH excluding ortho intramolecular Hbond substituents is 1. The molecule has 0 aromatic heterocycles. The molecule has 5 heterocycles. The van der Waals surface area contributed by atoms with Crippen molar-refractivity contribution in [3.8, 4) is 29.1 Å². The number of ether oxygens (including phenoxy) is 5. The van der Waals surface area contributed by atoms with Gasteiger partial charge in [-0.3, -0.25) is 14.6 Å². The second-order valence-electron chi connectivity index (χ2n) is 14.1. The fourth-order valence-electron chi connectivity index (χ4n) is 8.58. The molecule has 12 nitrogen and oxygen atoms in total. The van der Waals surface area contributed by atoms with E-state index in [1.54, 1.807) is 7.11 Å². The highest BCUT2D eigenvalue weighted by atomic mass is 32.2. The van der Waals surface area contributed by atoms with Crippen LogP contribution in [0.5, 0.6) is 23.0 Å². The first-order chi connectivity index (χ1) is 23.5. The molecule has 2 fully saturated rings. The van der Waals surface area contributed by atoms with Crippen LogP contribution < -0.4 is 19.5 Å². The minimum absolute atomic E-state index is 0.00830. The van der Waals surface area contributed by atoms with Crippen LogP contribution in [0.2, 0.25) is 0 Å². The van der Waals surface area contributed by atoms with Crippen molar-refractivity contribution < 1.29 is 38.4 Å². The molecule has 262 valence electrons. The number of fused-ring (bicyclic) bond motifs is 9. The summed E-state index contributed by atoms with van der Waals surface area (Å²) in [5, 5.41) is 25.5. The van der Waals surface area contributed by atoms with E-state index in [9.17, 15) is 20.0 Å². The quantitative estimate of drug-likeness (QED) is 0.332. The van der Waals surface area contributed by atoms with Gasteiger partial charge >= 0.3 is 5.97 Å². The predicted octanol–water partition coefficient (Wildman–Crippen LogP) is 4.12. The Morgan fingerprint density at radius 1 is 1.16 bits per heavy atom. The molecule has 1 amide bonds. The highest BCUT2D eigenvalue weighted by molar-refractivity contribution is 7.99. The maximum Gasteiger partial charge on any atom is 0.329 e. The third-order valence-electron chi connectivity index (χ3n) is 10.8. The molecule has 0 radical (unpaired) electrons. The topological polar surface area (TPSA) is 143 Å². The molecule has 4 bridgehead atoms. The van der Waals surface area contributed by atoms with Crippen molar-refractivity contribution in [1.82, 2.24) is 15.1 Å². The van der Waals surface area contributed by atoms with Crippen LogP contribution in [0.25, 0.3) is 0 Å². The Labute approximate surface area is 290 Å². The molecule has 0 aliphatic carbocycles. The molecule has 0 saturated carbocycles. The molecular formula is C36H44N4O8S. The van der Waals surface area contributed by atoms with Gasteiger partial charge in [0.15, 0.2) is 18.3 Å². The van der Waals surface area contributed by atoms with Crippen molar-refractivity contribution in [3.63, 3.8) is 0 Å². The smallest absolute Gasteiger partial charge is 0.329 e. The minimum atomic E-state index is -0.894. The average Bonchev–Trinajstić information content (AvgIpc) is 3.55. The number of aromatic hydroxyl groups is 1. The number of amides is 1. The van der Waals surface area contributed by atoms with Crippen molar-refractivity contribution >= 4 is 23.6 Å². The molecule has 7 atom stereocenters. The number of carbonyl (C=O) groups is 2. The summed E-state index contributed by atoms with van der Waals surface area (Å²) in [6.07, 6.45) is 0.896. The number of nitrogens with one attached hydrogen (secondary N) is 1. The highest BCUT2D eigenvalue weighted by Gasteiger charge is 2.60. The van der Waals surface area contributed by atoms with Gasteiger partial charge in [-0.05, 0) is 56.8 Å². The lowest BCUT2D eigenvalue weighted by Crippen LogP contribution is -2.69. The fraction of sp³-hybridized carbons (Fsp3) is 0.583. The van der Waals surface area contributed by atoms with Gasteiger partial charge < -0.3 is 34.1 Å². The maximum atomic E-state index is 13.7. The lowest BCUT2D eigenvalue weighted by atomic mass is 9.71. The van der Waals surface area contributed by atoms with Crippen LogP contribution in [0.1, 0.15) is 76.5 Å². The molecule has 0 spiro atoms. The summed E-state index contributed by atoms with van der Waals surface area (Å²) in [5.41, 5.74) is 6.19. The number of rotatable bonds is 6. The van der Waals surface area contributed by atoms with Gasteiger partial charge in [-0.25, -0.2) is 4.79 Å². The van der Waals surface area contributed by atoms with Gasteiger partial charge in [0.2, 0.25) is 12.7 Å². The summed E-state index contributed by atoms with van der Waals surface area (Å²) < 4.78 is 29.8. The predicted molar refractivity (Wildman–Crippen MR) is 181 cm³/mol. The van der Waals surface area contributed by atoms with Crippen LogP contribution >= 0.6 is 11.8 Å². The zero-order chi connectivity index (χ0) is 34.9. The fourth-order valence-corrected chi connectivity index (χ4v) is 10.1. The highest BCUT2D eigenvalue weighted by Crippen LogP contribution is 2.63. The molecule has 7 rings (SSSR count). The zero-order valence-corrected chi connectivity index (χ0v) is 29.8.